The number of carbonyl (C=O) groups excluding carboxylic acids is 2. The number of aliphatic hydroxyl groups is 1. The molecule has 1 amide bonds. The summed E-state index contributed by atoms with van der Waals surface area (Å²) in [6.07, 6.45) is 9.35. The molecule has 204 valence electrons. The van der Waals surface area contributed by atoms with Crippen molar-refractivity contribution in [2.24, 2.45) is 46.3 Å². The van der Waals surface area contributed by atoms with Crippen LogP contribution in [-0.4, -0.2) is 47.3 Å². The molecule has 3 N–H and O–H groups in total. The van der Waals surface area contributed by atoms with Gasteiger partial charge in [0.05, 0.1) is 19.6 Å². The fourth-order valence-corrected chi connectivity index (χ4v) is 9.48. The van der Waals surface area contributed by atoms with Crippen molar-refractivity contribution in [2.75, 3.05) is 7.11 Å². The van der Waals surface area contributed by atoms with Crippen LogP contribution in [0.15, 0.2) is 0 Å². The van der Waals surface area contributed by atoms with Crippen LogP contribution >= 0.6 is 0 Å². The van der Waals surface area contributed by atoms with Gasteiger partial charge in [0, 0.05) is 18.9 Å². The first-order valence-corrected chi connectivity index (χ1v) is 14.3. The molecular weight excluding hydrogens is 458 g/mol. The SMILES string of the molecule is COC(=O)CCC(C)[C@H]1CCC2C3CCC4CC(NC(=O)CCC(=O)O)CC[C@]4(C)C3C[C@H](O)C21C. The van der Waals surface area contributed by atoms with Gasteiger partial charge in [0.25, 0.3) is 0 Å². The lowest BCUT2D eigenvalue weighted by atomic mass is 9.43. The predicted molar refractivity (Wildman–Crippen MR) is 136 cm³/mol. The average molecular weight is 506 g/mol. The Bertz CT molecular complexity index is 846. The highest BCUT2D eigenvalue weighted by Gasteiger charge is 2.63. The molecule has 0 aromatic heterocycles. The lowest BCUT2D eigenvalue weighted by Gasteiger charge is -2.62. The molecule has 0 spiro atoms. The maximum absolute atomic E-state index is 12.2. The molecule has 4 aliphatic carbocycles. The fraction of sp³-hybridized carbons (Fsp3) is 0.897. The highest BCUT2D eigenvalue weighted by molar-refractivity contribution is 5.80. The number of aliphatic carboxylic acids is 1. The Hall–Kier alpha value is -1.63. The topological polar surface area (TPSA) is 113 Å². The summed E-state index contributed by atoms with van der Waals surface area (Å²) >= 11 is 0. The molecule has 7 unspecified atom stereocenters. The number of methoxy groups -OCH3 is 1. The normalized spacial score (nSPS) is 42.4. The van der Waals surface area contributed by atoms with Crippen molar-refractivity contribution in [1.82, 2.24) is 5.32 Å². The molecule has 10 atom stereocenters. The number of nitrogens with one attached hydrogen (secondary N) is 1. The number of esters is 1. The first-order chi connectivity index (χ1) is 17.0. The molecule has 0 radical (unpaired) electrons. The molecule has 4 aliphatic rings. The third-order valence-corrected chi connectivity index (χ3v) is 11.5. The molecule has 4 rings (SSSR count). The Labute approximate surface area is 216 Å². The summed E-state index contributed by atoms with van der Waals surface area (Å²) in [5, 5.41) is 23.7. The first kappa shape index (κ1) is 27.4. The van der Waals surface area contributed by atoms with Gasteiger partial charge in [0.15, 0.2) is 0 Å². The van der Waals surface area contributed by atoms with E-state index >= 15 is 0 Å². The number of carboxylic acids is 1. The number of fused-ring (bicyclic) bond motifs is 5. The summed E-state index contributed by atoms with van der Waals surface area (Å²) in [5.41, 5.74) is 0.0946. The molecule has 0 saturated heterocycles. The van der Waals surface area contributed by atoms with E-state index in [1.807, 2.05) is 0 Å². The number of carbonyl (C=O) groups is 3. The van der Waals surface area contributed by atoms with Crippen LogP contribution in [0.5, 0.6) is 0 Å². The van der Waals surface area contributed by atoms with Gasteiger partial charge in [-0.3, -0.25) is 14.4 Å². The summed E-state index contributed by atoms with van der Waals surface area (Å²) < 4.78 is 4.86. The van der Waals surface area contributed by atoms with E-state index < -0.39 is 5.97 Å². The van der Waals surface area contributed by atoms with Crippen molar-refractivity contribution < 1.29 is 29.3 Å². The second-order valence-corrected chi connectivity index (χ2v) is 13.0. The molecule has 0 aliphatic heterocycles. The van der Waals surface area contributed by atoms with E-state index in [4.69, 9.17) is 9.84 Å². The van der Waals surface area contributed by atoms with Crippen molar-refractivity contribution in [3.8, 4) is 0 Å². The number of amides is 1. The van der Waals surface area contributed by atoms with Crippen LogP contribution in [0.1, 0.15) is 97.8 Å². The molecule has 7 nitrogen and oxygen atoms in total. The van der Waals surface area contributed by atoms with Gasteiger partial charge in [-0.1, -0.05) is 20.8 Å². The van der Waals surface area contributed by atoms with Crippen LogP contribution in [0.4, 0.5) is 0 Å². The number of hydrogen-bond acceptors (Lipinski definition) is 5. The first-order valence-electron chi connectivity index (χ1n) is 14.3. The van der Waals surface area contributed by atoms with Crippen molar-refractivity contribution in [3.63, 3.8) is 0 Å². The maximum atomic E-state index is 12.2. The van der Waals surface area contributed by atoms with Gasteiger partial charge >= 0.3 is 11.9 Å². The van der Waals surface area contributed by atoms with Crippen molar-refractivity contribution in [3.05, 3.63) is 0 Å². The number of carboxylic acid groups (broad SMARTS) is 1. The summed E-state index contributed by atoms with van der Waals surface area (Å²) in [6, 6.07) is 0.131. The highest BCUT2D eigenvalue weighted by atomic mass is 16.5. The summed E-state index contributed by atoms with van der Waals surface area (Å²) in [7, 11) is 1.45. The summed E-state index contributed by atoms with van der Waals surface area (Å²) in [6.45, 7) is 7.03. The molecule has 7 heteroatoms. The Morgan fingerprint density at radius 3 is 2.44 bits per heavy atom. The van der Waals surface area contributed by atoms with Crippen LogP contribution in [0.3, 0.4) is 0 Å². The number of rotatable bonds is 8. The van der Waals surface area contributed by atoms with Gasteiger partial charge in [-0.25, -0.2) is 0 Å². The third-order valence-electron chi connectivity index (χ3n) is 11.5. The monoisotopic (exact) mass is 505 g/mol. The van der Waals surface area contributed by atoms with E-state index in [-0.39, 0.29) is 47.7 Å². The van der Waals surface area contributed by atoms with Gasteiger partial charge in [-0.05, 0) is 104 Å². The van der Waals surface area contributed by atoms with Crippen LogP contribution in [-0.2, 0) is 19.1 Å². The van der Waals surface area contributed by atoms with Crippen LogP contribution in [0.2, 0.25) is 0 Å². The number of hydrogen-bond donors (Lipinski definition) is 3. The van der Waals surface area contributed by atoms with Crippen molar-refractivity contribution >= 4 is 17.8 Å². The average Bonchev–Trinajstić information content (AvgIpc) is 3.20. The summed E-state index contributed by atoms with van der Waals surface area (Å²) in [5.74, 6) is 1.80. The van der Waals surface area contributed by atoms with Crippen molar-refractivity contribution in [1.29, 1.82) is 0 Å². The zero-order chi connectivity index (χ0) is 26.3. The molecule has 36 heavy (non-hydrogen) atoms. The third kappa shape index (κ3) is 4.93. The maximum Gasteiger partial charge on any atom is 0.305 e. The Kier molecular flexibility index (Phi) is 8.09. The van der Waals surface area contributed by atoms with Gasteiger partial charge in [0.1, 0.15) is 0 Å². The lowest BCUT2D eigenvalue weighted by molar-refractivity contribution is -0.170. The molecule has 0 aromatic rings. The van der Waals surface area contributed by atoms with Gasteiger partial charge in [-0.15, -0.1) is 0 Å². The summed E-state index contributed by atoms with van der Waals surface area (Å²) in [4.78, 5) is 34.8. The molecule has 4 saturated carbocycles. The Morgan fingerprint density at radius 2 is 1.75 bits per heavy atom. The van der Waals surface area contributed by atoms with E-state index in [0.717, 1.165) is 38.5 Å². The molecule has 4 fully saturated rings. The highest BCUT2D eigenvalue weighted by Crippen LogP contribution is 2.68. The minimum Gasteiger partial charge on any atom is -0.481 e. The smallest absolute Gasteiger partial charge is 0.305 e. The second kappa shape index (κ2) is 10.6. The largest absolute Gasteiger partial charge is 0.481 e. The van der Waals surface area contributed by atoms with E-state index in [2.05, 4.69) is 26.1 Å². The zero-order valence-corrected chi connectivity index (χ0v) is 22.6. The molecule has 0 heterocycles. The number of aliphatic hydroxyl groups excluding tert-OH is 1. The minimum absolute atomic E-state index is 0.0458. The van der Waals surface area contributed by atoms with E-state index in [1.54, 1.807) is 0 Å². The molecule has 0 bridgehead atoms. The van der Waals surface area contributed by atoms with Crippen LogP contribution in [0, 0.1) is 46.3 Å². The van der Waals surface area contributed by atoms with Crippen LogP contribution < -0.4 is 5.32 Å². The quantitative estimate of drug-likeness (QED) is 0.417. The van der Waals surface area contributed by atoms with Gasteiger partial charge in [0.2, 0.25) is 5.91 Å². The van der Waals surface area contributed by atoms with E-state index in [0.29, 0.717) is 41.9 Å². The molecule has 0 aromatic carbocycles. The Balaban J connectivity index is 1.42. The van der Waals surface area contributed by atoms with E-state index in [1.165, 1.54) is 26.4 Å². The predicted octanol–water partition coefficient (Wildman–Crippen LogP) is 4.56. The van der Waals surface area contributed by atoms with E-state index in [9.17, 15) is 19.5 Å². The van der Waals surface area contributed by atoms with Gasteiger partial charge in [-0.2, -0.15) is 0 Å². The van der Waals surface area contributed by atoms with Crippen LogP contribution in [0.25, 0.3) is 0 Å². The molecular formula is C29H47NO6. The lowest BCUT2D eigenvalue weighted by Crippen LogP contribution is -2.59. The van der Waals surface area contributed by atoms with Gasteiger partial charge < -0.3 is 20.3 Å². The van der Waals surface area contributed by atoms with Crippen molar-refractivity contribution in [2.45, 2.75) is 110 Å². The number of ether oxygens (including phenoxy) is 1. The Morgan fingerprint density at radius 1 is 1.00 bits per heavy atom. The standard InChI is InChI=1S/C29H47NO6/c1-17(5-12-27(35)36-4)21-8-9-22-20-7-6-18-15-19(30-25(32)10-11-26(33)34)13-14-28(18,2)23(20)16-24(31)29(21,22)3/h17-24,31H,5-16H2,1-4H3,(H,30,32)(H,33,34)/t17?,18?,19?,20?,21-,22?,23?,24+,28+,29?/m1/s1. The zero-order valence-electron chi connectivity index (χ0n) is 22.6. The fourth-order valence-electron chi connectivity index (χ4n) is 9.48. The minimum atomic E-state index is -0.936. The second-order valence-electron chi connectivity index (χ2n) is 13.0.